The van der Waals surface area contributed by atoms with Crippen LogP contribution >= 0.6 is 0 Å². The Morgan fingerprint density at radius 1 is 1.28 bits per heavy atom. The molecule has 0 saturated heterocycles. The number of rotatable bonds is 9. The summed E-state index contributed by atoms with van der Waals surface area (Å²) in [6.07, 6.45) is 1.31. The smallest absolute Gasteiger partial charge is 0.306 e. The molecule has 0 aromatic carbocycles. The van der Waals surface area contributed by atoms with Gasteiger partial charge in [0.25, 0.3) is 6.43 Å². The van der Waals surface area contributed by atoms with Crippen LogP contribution in [0.5, 0.6) is 0 Å². The highest BCUT2D eigenvalue weighted by atomic mass is 19.3. The second kappa shape index (κ2) is 8.75. The number of methoxy groups -OCH3 is 1. The van der Waals surface area contributed by atoms with E-state index in [1.165, 1.54) is 17.6 Å². The summed E-state index contributed by atoms with van der Waals surface area (Å²) in [5.41, 5.74) is 1.07. The van der Waals surface area contributed by atoms with Crippen LogP contribution in [-0.2, 0) is 20.9 Å². The fourth-order valence-electron chi connectivity index (χ4n) is 5.94. The third-order valence-electron chi connectivity index (χ3n) is 7.75. The van der Waals surface area contributed by atoms with E-state index in [9.17, 15) is 13.6 Å². The van der Waals surface area contributed by atoms with Crippen LogP contribution in [0, 0.1) is 11.3 Å². The Kier molecular flexibility index (Phi) is 5.66. The van der Waals surface area contributed by atoms with Gasteiger partial charge in [0.05, 0.1) is 18.7 Å². The average Bonchev–Trinajstić information content (AvgIpc) is 3.49. The van der Waals surface area contributed by atoms with Crippen molar-refractivity contribution in [2.45, 2.75) is 69.8 Å². The molecule has 4 fully saturated rings. The highest BCUT2D eigenvalue weighted by molar-refractivity contribution is 5.71. The third kappa shape index (κ3) is 4.10. The van der Waals surface area contributed by atoms with E-state index >= 15 is 4.39 Å². The Bertz CT molecular complexity index is 1280. The molecule has 4 aliphatic rings. The minimum Gasteiger partial charge on any atom is -0.459 e. The lowest BCUT2D eigenvalue weighted by atomic mass is 9.43. The number of nitrogens with one attached hydrogen (secondary N) is 2. The van der Waals surface area contributed by atoms with Crippen molar-refractivity contribution in [1.29, 1.82) is 0 Å². The fraction of sp³-hybridized carbons (Fsp3) is 0.583. The van der Waals surface area contributed by atoms with Crippen molar-refractivity contribution in [3.05, 3.63) is 35.4 Å². The van der Waals surface area contributed by atoms with E-state index in [2.05, 4.69) is 25.5 Å². The van der Waals surface area contributed by atoms with Crippen LogP contribution in [0.3, 0.4) is 0 Å². The number of anilines is 2. The van der Waals surface area contributed by atoms with Gasteiger partial charge in [-0.05, 0) is 43.4 Å². The van der Waals surface area contributed by atoms with Gasteiger partial charge in [0.15, 0.2) is 5.82 Å². The maximum Gasteiger partial charge on any atom is 0.306 e. The van der Waals surface area contributed by atoms with Crippen molar-refractivity contribution in [2.24, 2.45) is 11.3 Å². The number of esters is 1. The summed E-state index contributed by atoms with van der Waals surface area (Å²) >= 11 is 0. The lowest BCUT2D eigenvalue weighted by Crippen LogP contribution is -2.53. The molecule has 3 heterocycles. The molecule has 7 rings (SSSR count). The number of aromatic nitrogens is 5. The zero-order valence-electron chi connectivity index (χ0n) is 19.7. The van der Waals surface area contributed by atoms with E-state index in [1.54, 1.807) is 12.3 Å². The molecule has 0 radical (unpaired) electrons. The molecule has 4 saturated carbocycles. The largest absolute Gasteiger partial charge is 0.459 e. The van der Waals surface area contributed by atoms with Crippen molar-refractivity contribution >= 4 is 23.4 Å². The normalized spacial score (nSPS) is 28.8. The Morgan fingerprint density at radius 2 is 2.08 bits per heavy atom. The summed E-state index contributed by atoms with van der Waals surface area (Å²) in [5, 5.41) is 9.94. The zero-order valence-corrected chi connectivity index (χ0v) is 19.7. The van der Waals surface area contributed by atoms with Crippen molar-refractivity contribution in [3.63, 3.8) is 0 Å². The quantitative estimate of drug-likeness (QED) is 0.410. The van der Waals surface area contributed by atoms with Crippen LogP contribution in [0.25, 0.3) is 5.65 Å². The summed E-state index contributed by atoms with van der Waals surface area (Å²) in [6, 6.07) is 2.84. The van der Waals surface area contributed by atoms with E-state index in [1.807, 2.05) is 0 Å². The van der Waals surface area contributed by atoms with Crippen molar-refractivity contribution < 1.29 is 27.4 Å². The molecular weight excluding hydrogens is 477 g/mol. The van der Waals surface area contributed by atoms with Crippen molar-refractivity contribution in [3.8, 4) is 0 Å². The Labute approximate surface area is 204 Å². The van der Waals surface area contributed by atoms with Gasteiger partial charge in [0.1, 0.15) is 23.6 Å². The van der Waals surface area contributed by atoms with E-state index in [0.717, 1.165) is 25.2 Å². The summed E-state index contributed by atoms with van der Waals surface area (Å²) in [7, 11) is 1.51. The van der Waals surface area contributed by atoms with Crippen LogP contribution in [0.15, 0.2) is 18.3 Å². The van der Waals surface area contributed by atoms with Gasteiger partial charge in [-0.15, -0.1) is 0 Å². The van der Waals surface area contributed by atoms with Gasteiger partial charge >= 0.3 is 5.97 Å². The molecule has 3 aromatic rings. The minimum atomic E-state index is -2.78. The van der Waals surface area contributed by atoms with Crippen molar-refractivity contribution in [1.82, 2.24) is 24.6 Å². The summed E-state index contributed by atoms with van der Waals surface area (Å²) in [6.45, 7) is 0.213. The summed E-state index contributed by atoms with van der Waals surface area (Å²) in [5.74, 6) is 0.345. The van der Waals surface area contributed by atoms with Gasteiger partial charge in [-0.2, -0.15) is 5.10 Å². The minimum absolute atomic E-state index is 0.0966. The molecule has 9 nitrogen and oxygen atoms in total. The van der Waals surface area contributed by atoms with Crippen LogP contribution in [-0.4, -0.2) is 49.9 Å². The zero-order chi connectivity index (χ0) is 25.0. The molecule has 0 unspecified atom stereocenters. The first kappa shape index (κ1) is 23.3. The van der Waals surface area contributed by atoms with Gasteiger partial charge in [0, 0.05) is 37.1 Å². The Hall–Kier alpha value is -3.15. The lowest BCUT2D eigenvalue weighted by molar-refractivity contribution is -0.170. The summed E-state index contributed by atoms with van der Waals surface area (Å²) < 4.78 is 54.2. The van der Waals surface area contributed by atoms with Gasteiger partial charge in [-0.3, -0.25) is 14.3 Å². The standard InChI is InChI=1S/C24H27F3N6O3/c1-35-11-13-10-33-19(28-13)5-16(22(26)27)29-23(33)30-18-4-15(31-32-18)14-2-3-17(21(14)25)36-20(34)9-24-6-12(7-24)8-24/h4-5,10,12,14,17,21-22H,2-3,6-9,11H2,1H3,(H2,29,30,31,32)/t12?,14-,17-,21+,24?/m1/s1. The maximum absolute atomic E-state index is 15.2. The molecule has 2 N–H and O–H groups in total. The van der Waals surface area contributed by atoms with E-state index in [0.29, 0.717) is 36.5 Å². The highest BCUT2D eigenvalue weighted by Gasteiger charge is 2.57. The highest BCUT2D eigenvalue weighted by Crippen LogP contribution is 2.66. The molecular formula is C24H27F3N6O3. The van der Waals surface area contributed by atoms with Gasteiger partial charge in [0.2, 0.25) is 5.95 Å². The Morgan fingerprint density at radius 3 is 2.78 bits per heavy atom. The topological polar surface area (TPSA) is 106 Å². The number of aromatic amines is 1. The van der Waals surface area contributed by atoms with Crippen molar-refractivity contribution in [2.75, 3.05) is 12.4 Å². The molecule has 3 atom stereocenters. The molecule has 36 heavy (non-hydrogen) atoms. The first-order chi connectivity index (χ1) is 17.3. The number of nitrogens with zero attached hydrogens (tertiary/aromatic N) is 4. The number of imidazole rings is 1. The molecule has 2 bridgehead atoms. The third-order valence-corrected chi connectivity index (χ3v) is 7.75. The van der Waals surface area contributed by atoms with Crippen LogP contribution in [0.1, 0.15) is 68.0 Å². The molecule has 192 valence electrons. The number of carbonyl (C=O) groups is 1. The summed E-state index contributed by atoms with van der Waals surface area (Å²) in [4.78, 5) is 20.7. The first-order valence-electron chi connectivity index (χ1n) is 12.1. The number of H-pyrrole nitrogens is 1. The number of alkyl halides is 3. The Balaban J connectivity index is 1.15. The number of hydrogen-bond acceptors (Lipinski definition) is 7. The van der Waals surface area contributed by atoms with Gasteiger partial charge in [-0.25, -0.2) is 23.1 Å². The number of fused-ring (bicyclic) bond motifs is 1. The van der Waals surface area contributed by atoms with Crippen LogP contribution in [0.2, 0.25) is 0 Å². The SMILES string of the molecule is COCc1cn2c(Nc3cc([C@H]4CC[C@@H](OC(=O)CC56CC(C5)C6)[C@H]4F)[nH]n3)nc(C(F)F)cc2n1. The van der Waals surface area contributed by atoms with Gasteiger partial charge < -0.3 is 14.8 Å². The molecule has 0 amide bonds. The first-order valence-corrected chi connectivity index (χ1v) is 12.1. The second-order valence-electron chi connectivity index (χ2n) is 10.3. The fourth-order valence-corrected chi connectivity index (χ4v) is 5.94. The molecule has 4 aliphatic carbocycles. The second-order valence-corrected chi connectivity index (χ2v) is 10.3. The van der Waals surface area contributed by atoms with E-state index < -0.39 is 30.3 Å². The monoisotopic (exact) mass is 504 g/mol. The maximum atomic E-state index is 15.2. The number of halogens is 3. The van der Waals surface area contributed by atoms with Crippen LogP contribution < -0.4 is 5.32 Å². The molecule has 3 aromatic heterocycles. The van der Waals surface area contributed by atoms with E-state index in [4.69, 9.17) is 9.47 Å². The van der Waals surface area contributed by atoms with Crippen LogP contribution in [0.4, 0.5) is 24.9 Å². The molecule has 12 heteroatoms. The van der Waals surface area contributed by atoms with E-state index in [-0.39, 0.29) is 29.6 Å². The number of ether oxygens (including phenoxy) is 2. The predicted octanol–water partition coefficient (Wildman–Crippen LogP) is 4.60. The average molecular weight is 505 g/mol. The lowest BCUT2D eigenvalue weighted by Gasteiger charge is -2.61. The number of hydrogen-bond donors (Lipinski definition) is 2. The molecule has 0 aliphatic heterocycles. The molecule has 0 spiro atoms. The van der Waals surface area contributed by atoms with Gasteiger partial charge in [-0.1, -0.05) is 0 Å². The number of carbonyl (C=O) groups excluding carboxylic acids is 1. The predicted molar refractivity (Wildman–Crippen MR) is 122 cm³/mol.